The second-order valence-corrected chi connectivity index (χ2v) is 9.00. The number of hydrogen-bond acceptors (Lipinski definition) is 3. The van der Waals surface area contributed by atoms with Crippen molar-refractivity contribution in [2.75, 3.05) is 16.0 Å². The normalized spacial score (nSPS) is 12.4. The molecule has 0 fully saturated rings. The van der Waals surface area contributed by atoms with E-state index in [2.05, 4.69) is 16.0 Å². The molecule has 6 heteroatoms. The van der Waals surface area contributed by atoms with Gasteiger partial charge in [0.15, 0.2) is 5.11 Å². The van der Waals surface area contributed by atoms with E-state index in [4.69, 9.17) is 12.2 Å². The molecule has 0 aliphatic heterocycles. The molecule has 4 aromatic rings. The highest BCUT2D eigenvalue weighted by Crippen LogP contribution is 2.40. The van der Waals surface area contributed by atoms with Crippen LogP contribution in [0.4, 0.5) is 16.4 Å². The molecule has 1 aliphatic rings. The lowest BCUT2D eigenvalue weighted by atomic mass is 10.1. The smallest absolute Gasteiger partial charge is 0.258 e. The molecule has 0 radical (unpaired) electrons. The zero-order valence-electron chi connectivity index (χ0n) is 16.8. The molecular weight excluding hydrogens is 422 g/mol. The molecule has 0 saturated heterocycles. The van der Waals surface area contributed by atoms with Crippen LogP contribution >= 0.6 is 23.6 Å². The molecule has 154 valence electrons. The first-order chi connectivity index (χ1) is 15.2. The number of thiophene rings is 1. The number of amides is 1. The topological polar surface area (TPSA) is 53.2 Å². The van der Waals surface area contributed by atoms with Gasteiger partial charge >= 0.3 is 0 Å². The zero-order chi connectivity index (χ0) is 21.2. The van der Waals surface area contributed by atoms with Crippen molar-refractivity contribution in [3.8, 4) is 0 Å². The van der Waals surface area contributed by atoms with E-state index in [1.54, 1.807) is 11.3 Å². The average molecular weight is 444 g/mol. The van der Waals surface area contributed by atoms with Gasteiger partial charge in [-0.3, -0.25) is 4.79 Å². The van der Waals surface area contributed by atoms with Crippen molar-refractivity contribution in [1.82, 2.24) is 0 Å². The minimum Gasteiger partial charge on any atom is -0.332 e. The SMILES string of the molecule is O=C(Nc1cccc2ccccc12)c1c(NC(=S)Nc2ccccc2)sc2c1CCC2. The summed E-state index contributed by atoms with van der Waals surface area (Å²) in [7, 11) is 0. The predicted molar refractivity (Wildman–Crippen MR) is 135 cm³/mol. The highest BCUT2D eigenvalue weighted by atomic mass is 32.1. The summed E-state index contributed by atoms with van der Waals surface area (Å²) in [5, 5.41) is 13.0. The molecule has 4 nitrogen and oxygen atoms in total. The van der Waals surface area contributed by atoms with Crippen molar-refractivity contribution in [1.29, 1.82) is 0 Å². The summed E-state index contributed by atoms with van der Waals surface area (Å²) in [5.41, 5.74) is 3.58. The Morgan fingerprint density at radius 3 is 2.48 bits per heavy atom. The number of benzene rings is 3. The van der Waals surface area contributed by atoms with Gasteiger partial charge in [0, 0.05) is 21.6 Å². The van der Waals surface area contributed by atoms with Crippen molar-refractivity contribution in [3.05, 3.63) is 88.8 Å². The fraction of sp³-hybridized carbons (Fsp3) is 0.120. The first-order valence-corrected chi connectivity index (χ1v) is 11.5. The number of aryl methyl sites for hydroxylation is 1. The van der Waals surface area contributed by atoms with E-state index in [-0.39, 0.29) is 5.91 Å². The summed E-state index contributed by atoms with van der Waals surface area (Å²) >= 11 is 7.15. The Morgan fingerprint density at radius 2 is 1.61 bits per heavy atom. The fourth-order valence-electron chi connectivity index (χ4n) is 4.04. The molecule has 3 aromatic carbocycles. The Labute approximate surface area is 190 Å². The highest BCUT2D eigenvalue weighted by molar-refractivity contribution is 7.80. The van der Waals surface area contributed by atoms with Crippen LogP contribution in [0.25, 0.3) is 10.8 Å². The third kappa shape index (κ3) is 4.04. The molecule has 0 spiro atoms. The van der Waals surface area contributed by atoms with Crippen LogP contribution in [0.15, 0.2) is 72.8 Å². The Balaban J connectivity index is 1.43. The van der Waals surface area contributed by atoms with Crippen LogP contribution in [-0.4, -0.2) is 11.0 Å². The number of carbonyl (C=O) groups excluding carboxylic acids is 1. The monoisotopic (exact) mass is 443 g/mol. The van der Waals surface area contributed by atoms with Crippen LogP contribution in [0, 0.1) is 0 Å². The van der Waals surface area contributed by atoms with E-state index in [9.17, 15) is 4.79 Å². The Bertz CT molecular complexity index is 1280. The van der Waals surface area contributed by atoms with Gasteiger partial charge in [0.25, 0.3) is 5.91 Å². The third-order valence-corrected chi connectivity index (χ3v) is 6.86. The van der Waals surface area contributed by atoms with Gasteiger partial charge in [-0.25, -0.2) is 0 Å². The fourth-order valence-corrected chi connectivity index (χ4v) is 5.61. The molecule has 0 bridgehead atoms. The zero-order valence-corrected chi connectivity index (χ0v) is 18.4. The summed E-state index contributed by atoms with van der Waals surface area (Å²) in [6.45, 7) is 0. The summed E-state index contributed by atoms with van der Waals surface area (Å²) in [5.74, 6) is -0.0965. The Morgan fingerprint density at radius 1 is 0.839 bits per heavy atom. The molecule has 1 aliphatic carbocycles. The molecule has 1 aromatic heterocycles. The van der Waals surface area contributed by atoms with Gasteiger partial charge in [-0.15, -0.1) is 11.3 Å². The van der Waals surface area contributed by atoms with E-state index < -0.39 is 0 Å². The van der Waals surface area contributed by atoms with E-state index in [1.165, 1.54) is 4.88 Å². The molecule has 5 rings (SSSR count). The van der Waals surface area contributed by atoms with E-state index in [0.717, 1.165) is 52.0 Å². The van der Waals surface area contributed by atoms with Gasteiger partial charge in [0.1, 0.15) is 5.00 Å². The lowest BCUT2D eigenvalue weighted by Gasteiger charge is -2.13. The molecule has 3 N–H and O–H groups in total. The van der Waals surface area contributed by atoms with Gasteiger partial charge in [0.05, 0.1) is 5.56 Å². The number of nitrogens with one attached hydrogen (secondary N) is 3. The van der Waals surface area contributed by atoms with Gasteiger partial charge in [-0.05, 0) is 60.6 Å². The highest BCUT2D eigenvalue weighted by Gasteiger charge is 2.27. The molecule has 0 atom stereocenters. The van der Waals surface area contributed by atoms with E-state index >= 15 is 0 Å². The average Bonchev–Trinajstić information content (AvgIpc) is 3.35. The minimum absolute atomic E-state index is 0.0965. The van der Waals surface area contributed by atoms with Crippen molar-refractivity contribution in [2.24, 2.45) is 0 Å². The molecule has 0 unspecified atom stereocenters. The second kappa shape index (κ2) is 8.49. The Hall–Kier alpha value is -3.22. The molecule has 0 saturated carbocycles. The number of anilines is 3. The number of thiocarbonyl (C=S) groups is 1. The van der Waals surface area contributed by atoms with E-state index in [1.807, 2.05) is 72.8 Å². The maximum absolute atomic E-state index is 13.4. The van der Waals surface area contributed by atoms with Crippen molar-refractivity contribution in [3.63, 3.8) is 0 Å². The van der Waals surface area contributed by atoms with Crippen LogP contribution in [0.1, 0.15) is 27.2 Å². The largest absolute Gasteiger partial charge is 0.332 e. The van der Waals surface area contributed by atoms with Crippen molar-refractivity contribution >= 4 is 61.7 Å². The quantitative estimate of drug-likeness (QED) is 0.317. The van der Waals surface area contributed by atoms with Gasteiger partial charge in [0.2, 0.25) is 0 Å². The van der Waals surface area contributed by atoms with Crippen LogP contribution in [0.2, 0.25) is 0 Å². The lowest BCUT2D eigenvalue weighted by Crippen LogP contribution is -2.21. The van der Waals surface area contributed by atoms with Gasteiger partial charge < -0.3 is 16.0 Å². The number of hydrogen-bond donors (Lipinski definition) is 3. The molecule has 1 heterocycles. The number of rotatable bonds is 4. The molecule has 1 amide bonds. The third-order valence-electron chi connectivity index (χ3n) is 5.44. The number of carbonyl (C=O) groups is 1. The number of fused-ring (bicyclic) bond motifs is 2. The summed E-state index contributed by atoms with van der Waals surface area (Å²) in [4.78, 5) is 14.7. The van der Waals surface area contributed by atoms with E-state index in [0.29, 0.717) is 10.7 Å². The molecular formula is C25H21N3OS2. The minimum atomic E-state index is -0.0965. The maximum atomic E-state index is 13.4. The Kier molecular flexibility index (Phi) is 5.40. The van der Waals surface area contributed by atoms with Crippen molar-refractivity contribution in [2.45, 2.75) is 19.3 Å². The first-order valence-electron chi connectivity index (χ1n) is 10.3. The van der Waals surface area contributed by atoms with Crippen LogP contribution in [-0.2, 0) is 12.8 Å². The van der Waals surface area contributed by atoms with Crippen LogP contribution in [0.3, 0.4) is 0 Å². The van der Waals surface area contributed by atoms with Crippen molar-refractivity contribution < 1.29 is 4.79 Å². The summed E-state index contributed by atoms with van der Waals surface area (Å²) in [6.07, 6.45) is 3.02. The standard InChI is InChI=1S/C25H21N3OS2/c29-23(27-20-14-6-9-16-8-4-5-12-18(16)20)22-19-13-7-15-21(19)31-24(22)28-25(30)26-17-10-2-1-3-11-17/h1-6,8-12,14H,7,13,15H2,(H,27,29)(H2,26,28,30). The number of para-hydroxylation sites is 1. The van der Waals surface area contributed by atoms with Gasteiger partial charge in [-0.1, -0.05) is 54.6 Å². The second-order valence-electron chi connectivity index (χ2n) is 7.49. The lowest BCUT2D eigenvalue weighted by molar-refractivity contribution is 0.102. The van der Waals surface area contributed by atoms with Crippen LogP contribution in [0.5, 0.6) is 0 Å². The summed E-state index contributed by atoms with van der Waals surface area (Å²) in [6, 6.07) is 23.8. The van der Waals surface area contributed by atoms with Crippen LogP contribution < -0.4 is 16.0 Å². The maximum Gasteiger partial charge on any atom is 0.258 e. The summed E-state index contributed by atoms with van der Waals surface area (Å²) < 4.78 is 0. The predicted octanol–water partition coefficient (Wildman–Crippen LogP) is 6.45. The first kappa shape index (κ1) is 19.7. The molecule has 31 heavy (non-hydrogen) atoms. The van der Waals surface area contributed by atoms with Gasteiger partial charge in [-0.2, -0.15) is 0 Å².